The van der Waals surface area contributed by atoms with Gasteiger partial charge in [0.2, 0.25) is 0 Å². The molecule has 1 aliphatic heterocycles. The van der Waals surface area contributed by atoms with Crippen LogP contribution in [0.3, 0.4) is 0 Å². The van der Waals surface area contributed by atoms with E-state index in [1.807, 2.05) is 121 Å². The van der Waals surface area contributed by atoms with Crippen LogP contribution in [0.5, 0.6) is 0 Å². The summed E-state index contributed by atoms with van der Waals surface area (Å²) in [6, 6.07) is 38.8. The van der Waals surface area contributed by atoms with Gasteiger partial charge in [0.1, 0.15) is 0 Å². The Balaban J connectivity index is 1.27. The molecule has 0 bridgehead atoms. The highest BCUT2D eigenvalue weighted by molar-refractivity contribution is 7.85. The number of hydrogen-bond acceptors (Lipinski definition) is 8. The van der Waals surface area contributed by atoms with Crippen molar-refractivity contribution in [3.8, 4) is 0 Å². The van der Waals surface area contributed by atoms with E-state index in [0.29, 0.717) is 23.0 Å². The minimum atomic E-state index is -1.08. The van der Waals surface area contributed by atoms with Gasteiger partial charge in [0.05, 0.1) is 43.2 Å². The van der Waals surface area contributed by atoms with Crippen LogP contribution in [0.25, 0.3) is 0 Å². The molecule has 0 spiro atoms. The molecule has 4 unspecified atom stereocenters. The van der Waals surface area contributed by atoms with Crippen LogP contribution < -0.4 is 0 Å². The van der Waals surface area contributed by atoms with E-state index in [9.17, 15) is 16.8 Å². The van der Waals surface area contributed by atoms with E-state index in [4.69, 9.17) is 0 Å². The number of nitrogens with zero attached hydrogens (tertiary/aromatic N) is 4. The molecule has 292 valence electrons. The first kappa shape index (κ1) is 42.5. The van der Waals surface area contributed by atoms with Crippen LogP contribution in [0.4, 0.5) is 0 Å². The standard InChI is InChI=1S/C42H56N4O4S4/c47-51(39-15-5-1-6-16-39)35-31-43-23-13-24-45(33-37-53(49)41-19-9-3-10-20-41)29-30-46(34-38-54(50)42-21-11-4-12-22-42)26-14-25-44(28-27-43)32-36-52(48)40-17-7-2-8-18-40/h1-12,15-22H,13-14,23-38H2. The maximum atomic E-state index is 13.2. The Labute approximate surface area is 333 Å². The van der Waals surface area contributed by atoms with Gasteiger partial charge in [-0.15, -0.1) is 0 Å². The van der Waals surface area contributed by atoms with Gasteiger partial charge in [-0.25, -0.2) is 0 Å². The van der Waals surface area contributed by atoms with Crippen LogP contribution in [-0.2, 0) is 43.2 Å². The Morgan fingerprint density at radius 3 is 0.722 bits per heavy atom. The predicted octanol–water partition coefficient (Wildman–Crippen LogP) is 5.22. The van der Waals surface area contributed by atoms with Crippen molar-refractivity contribution in [3.63, 3.8) is 0 Å². The summed E-state index contributed by atoms with van der Waals surface area (Å²) in [7, 11) is -4.30. The van der Waals surface area contributed by atoms with Crippen molar-refractivity contribution in [2.45, 2.75) is 32.4 Å². The van der Waals surface area contributed by atoms with E-state index in [-0.39, 0.29) is 0 Å². The van der Waals surface area contributed by atoms with Gasteiger partial charge in [-0.3, -0.25) is 16.8 Å². The quantitative estimate of drug-likeness (QED) is 0.153. The lowest BCUT2D eigenvalue weighted by molar-refractivity contribution is 0.170. The summed E-state index contributed by atoms with van der Waals surface area (Å²) in [4.78, 5) is 13.2. The minimum absolute atomic E-state index is 0.571. The lowest BCUT2D eigenvalue weighted by Crippen LogP contribution is -2.43. The molecule has 1 saturated heterocycles. The maximum Gasteiger partial charge on any atom is 0.0542 e. The summed E-state index contributed by atoms with van der Waals surface area (Å²) in [5, 5.41) is 0. The van der Waals surface area contributed by atoms with Gasteiger partial charge < -0.3 is 19.6 Å². The first-order valence-electron chi connectivity index (χ1n) is 19.1. The number of hydrogen-bond donors (Lipinski definition) is 0. The van der Waals surface area contributed by atoms with E-state index in [2.05, 4.69) is 19.6 Å². The van der Waals surface area contributed by atoms with Crippen LogP contribution in [-0.4, -0.2) is 138 Å². The molecule has 8 nitrogen and oxygen atoms in total. The largest absolute Gasteiger partial charge is 0.301 e. The second-order valence-corrected chi connectivity index (χ2v) is 19.8. The third kappa shape index (κ3) is 15.1. The fraction of sp³-hybridized carbons (Fsp3) is 0.429. The second-order valence-electron chi connectivity index (χ2n) is 13.5. The topological polar surface area (TPSA) is 81.2 Å². The Hall–Kier alpha value is -2.68. The van der Waals surface area contributed by atoms with Gasteiger partial charge in [-0.05, 0) is 87.6 Å². The Bertz CT molecular complexity index is 1480. The highest BCUT2D eigenvalue weighted by atomic mass is 32.2. The zero-order valence-corrected chi connectivity index (χ0v) is 34.6. The average Bonchev–Trinajstić information content (AvgIpc) is 3.23. The first-order valence-corrected chi connectivity index (χ1v) is 24.4. The van der Waals surface area contributed by atoms with Crippen molar-refractivity contribution < 1.29 is 16.8 Å². The molecule has 1 aliphatic rings. The van der Waals surface area contributed by atoms with E-state index >= 15 is 0 Å². The lowest BCUT2D eigenvalue weighted by atomic mass is 10.3. The van der Waals surface area contributed by atoms with Gasteiger partial charge >= 0.3 is 0 Å². The van der Waals surface area contributed by atoms with Crippen LogP contribution in [0.2, 0.25) is 0 Å². The third-order valence-electron chi connectivity index (χ3n) is 9.76. The molecule has 4 atom stereocenters. The second kappa shape index (κ2) is 24.1. The number of benzene rings is 4. The summed E-state index contributed by atoms with van der Waals surface area (Å²) in [5.41, 5.74) is 0. The predicted molar refractivity (Wildman–Crippen MR) is 226 cm³/mol. The molecule has 1 heterocycles. The molecule has 4 aromatic rings. The summed E-state index contributed by atoms with van der Waals surface area (Å²) in [5.74, 6) is 2.28. The monoisotopic (exact) mass is 808 g/mol. The number of rotatable bonds is 16. The zero-order valence-electron chi connectivity index (χ0n) is 31.3. The molecule has 0 aliphatic carbocycles. The van der Waals surface area contributed by atoms with Crippen molar-refractivity contribution in [1.82, 2.24) is 19.6 Å². The van der Waals surface area contributed by atoms with Crippen molar-refractivity contribution in [3.05, 3.63) is 121 Å². The van der Waals surface area contributed by atoms with Gasteiger partial charge in [0.25, 0.3) is 0 Å². The molecule has 0 N–H and O–H groups in total. The smallest absolute Gasteiger partial charge is 0.0542 e. The van der Waals surface area contributed by atoms with Crippen molar-refractivity contribution in [2.24, 2.45) is 0 Å². The fourth-order valence-corrected chi connectivity index (χ4v) is 11.0. The maximum absolute atomic E-state index is 13.2. The first-order chi connectivity index (χ1) is 26.4. The Morgan fingerprint density at radius 2 is 0.519 bits per heavy atom. The summed E-state index contributed by atoms with van der Waals surface area (Å²) in [6.45, 7) is 9.74. The summed E-state index contributed by atoms with van der Waals surface area (Å²) >= 11 is 0. The van der Waals surface area contributed by atoms with Crippen LogP contribution in [0, 0.1) is 0 Å². The molecule has 1 fully saturated rings. The molecule has 54 heavy (non-hydrogen) atoms. The Kier molecular flexibility index (Phi) is 18.9. The molecule has 0 amide bonds. The van der Waals surface area contributed by atoms with Gasteiger partial charge in [-0.2, -0.15) is 0 Å². The van der Waals surface area contributed by atoms with Crippen LogP contribution in [0.1, 0.15) is 12.8 Å². The molecule has 0 aromatic heterocycles. The van der Waals surface area contributed by atoms with Gasteiger partial charge in [0.15, 0.2) is 0 Å². The SMILES string of the molecule is O=S(CCN1CCCN(CCS(=O)c2ccccc2)CCN(CCS(=O)c2ccccc2)CCCN(CCS(=O)c2ccccc2)CC1)c1ccccc1. The minimum Gasteiger partial charge on any atom is -0.301 e. The molecule has 0 saturated carbocycles. The highest BCUT2D eigenvalue weighted by Gasteiger charge is 2.18. The molecular formula is C42H56N4O4S4. The summed E-state index contributed by atoms with van der Waals surface area (Å²) < 4.78 is 52.9. The van der Waals surface area contributed by atoms with E-state index in [1.165, 1.54) is 0 Å². The molecule has 0 radical (unpaired) electrons. The summed E-state index contributed by atoms with van der Waals surface area (Å²) in [6.07, 6.45) is 1.87. The average molecular weight is 809 g/mol. The fourth-order valence-electron chi connectivity index (χ4n) is 6.55. The Morgan fingerprint density at radius 1 is 0.315 bits per heavy atom. The highest BCUT2D eigenvalue weighted by Crippen LogP contribution is 2.12. The van der Waals surface area contributed by atoms with Crippen molar-refractivity contribution in [2.75, 3.05) is 102 Å². The third-order valence-corrected chi connectivity index (χ3v) is 15.2. The van der Waals surface area contributed by atoms with Crippen LogP contribution in [0.15, 0.2) is 141 Å². The molecular weight excluding hydrogens is 753 g/mol. The van der Waals surface area contributed by atoms with E-state index in [1.54, 1.807) is 0 Å². The molecule has 4 aromatic carbocycles. The van der Waals surface area contributed by atoms with Gasteiger partial charge in [0, 0.05) is 95.0 Å². The lowest BCUT2D eigenvalue weighted by Gasteiger charge is -2.32. The van der Waals surface area contributed by atoms with Gasteiger partial charge in [-0.1, -0.05) is 72.8 Å². The zero-order chi connectivity index (χ0) is 37.8. The molecule has 12 heteroatoms. The molecule has 5 rings (SSSR count). The van der Waals surface area contributed by atoms with E-state index < -0.39 is 43.2 Å². The van der Waals surface area contributed by atoms with Crippen molar-refractivity contribution in [1.29, 1.82) is 0 Å². The van der Waals surface area contributed by atoms with Crippen LogP contribution >= 0.6 is 0 Å². The normalized spacial score (nSPS) is 18.7. The van der Waals surface area contributed by atoms with E-state index in [0.717, 1.165) is 111 Å². The van der Waals surface area contributed by atoms with Crippen molar-refractivity contribution >= 4 is 43.2 Å².